The van der Waals surface area contributed by atoms with Gasteiger partial charge in [-0.1, -0.05) is 11.6 Å². The van der Waals surface area contributed by atoms with Crippen molar-refractivity contribution in [3.05, 3.63) is 86.7 Å². The Kier molecular flexibility index (Phi) is 6.21. The van der Waals surface area contributed by atoms with Crippen molar-refractivity contribution in [1.82, 2.24) is 0 Å². The number of nitro benzene ring substituents is 1. The molecule has 0 saturated heterocycles. The normalized spacial score (nSPS) is 11.2. The number of aromatic carboxylic acids is 1. The molecule has 1 N–H and O–H groups in total. The van der Waals surface area contributed by atoms with Gasteiger partial charge in [-0.05, 0) is 42.5 Å². The van der Waals surface area contributed by atoms with Crippen LogP contribution in [0.15, 0.2) is 54.6 Å². The first-order chi connectivity index (χ1) is 15.0. The predicted molar refractivity (Wildman–Crippen MR) is 103 cm³/mol. The van der Waals surface area contributed by atoms with Crippen LogP contribution >= 0.6 is 11.6 Å². The second-order valence-corrected chi connectivity index (χ2v) is 6.59. The van der Waals surface area contributed by atoms with Crippen molar-refractivity contribution in [2.24, 2.45) is 0 Å². The Morgan fingerprint density at radius 1 is 1.00 bits per heavy atom. The second-order valence-electron chi connectivity index (χ2n) is 6.19. The van der Waals surface area contributed by atoms with E-state index in [0.717, 1.165) is 18.2 Å². The quantitative estimate of drug-likeness (QED) is 0.244. The van der Waals surface area contributed by atoms with E-state index in [1.54, 1.807) is 0 Å². The van der Waals surface area contributed by atoms with Gasteiger partial charge in [0.25, 0.3) is 0 Å². The summed E-state index contributed by atoms with van der Waals surface area (Å²) in [7, 11) is 0. The Hall–Kier alpha value is -3.86. The maximum atomic E-state index is 14.2. The summed E-state index contributed by atoms with van der Waals surface area (Å²) in [6, 6.07) is 8.68. The van der Waals surface area contributed by atoms with Gasteiger partial charge in [0, 0.05) is 12.1 Å². The van der Waals surface area contributed by atoms with Crippen LogP contribution < -0.4 is 9.47 Å². The lowest BCUT2D eigenvalue weighted by molar-refractivity contribution is -0.385. The molecule has 0 unspecified atom stereocenters. The standard InChI is InChI=1S/C20H10ClF4NO6/c21-14-7-11(20(23,24)25)8-15(22)18(14)32-13-5-6-16(26(29)30)17(9-13)31-12-3-1-10(2-4-12)19(27)28/h1-9H,(H,27,28). The number of carboxylic acid groups (broad SMARTS) is 1. The lowest BCUT2D eigenvalue weighted by Crippen LogP contribution is -2.06. The van der Waals surface area contributed by atoms with Crippen LogP contribution in [0.1, 0.15) is 15.9 Å². The molecule has 3 aromatic carbocycles. The van der Waals surface area contributed by atoms with Crippen molar-refractivity contribution in [3.63, 3.8) is 0 Å². The van der Waals surface area contributed by atoms with E-state index in [1.807, 2.05) is 0 Å². The summed E-state index contributed by atoms with van der Waals surface area (Å²) < 4.78 is 63.2. The summed E-state index contributed by atoms with van der Waals surface area (Å²) in [6.07, 6.45) is -4.83. The Bertz CT molecular complexity index is 1170. The molecule has 12 heteroatoms. The van der Waals surface area contributed by atoms with Crippen molar-refractivity contribution >= 4 is 23.3 Å². The Morgan fingerprint density at radius 2 is 1.62 bits per heavy atom. The molecule has 0 aliphatic rings. The molecule has 0 amide bonds. The first-order valence-corrected chi connectivity index (χ1v) is 8.87. The number of rotatable bonds is 6. The fourth-order valence-corrected chi connectivity index (χ4v) is 2.77. The van der Waals surface area contributed by atoms with E-state index in [4.69, 9.17) is 26.2 Å². The average Bonchev–Trinajstić information content (AvgIpc) is 2.70. The fraction of sp³-hybridized carbons (Fsp3) is 0.0500. The Morgan fingerprint density at radius 3 is 2.16 bits per heavy atom. The molecule has 3 aromatic rings. The van der Waals surface area contributed by atoms with E-state index in [9.17, 15) is 32.5 Å². The van der Waals surface area contributed by atoms with E-state index in [1.165, 1.54) is 24.3 Å². The first-order valence-electron chi connectivity index (χ1n) is 8.49. The third-order valence-electron chi connectivity index (χ3n) is 4.00. The van der Waals surface area contributed by atoms with Gasteiger partial charge in [-0.25, -0.2) is 9.18 Å². The second kappa shape index (κ2) is 8.71. The topological polar surface area (TPSA) is 98.9 Å². The largest absolute Gasteiger partial charge is 0.478 e. The highest BCUT2D eigenvalue weighted by Crippen LogP contribution is 2.41. The molecule has 0 saturated carbocycles. The molecular formula is C20H10ClF4NO6. The molecule has 7 nitrogen and oxygen atoms in total. The number of hydrogen-bond donors (Lipinski definition) is 1. The van der Waals surface area contributed by atoms with Gasteiger partial charge < -0.3 is 14.6 Å². The van der Waals surface area contributed by atoms with Crippen LogP contribution in [0, 0.1) is 15.9 Å². The lowest BCUT2D eigenvalue weighted by atomic mass is 10.2. The maximum absolute atomic E-state index is 14.2. The molecule has 0 spiro atoms. The zero-order chi connectivity index (χ0) is 23.6. The first kappa shape index (κ1) is 22.8. The lowest BCUT2D eigenvalue weighted by Gasteiger charge is -2.13. The van der Waals surface area contributed by atoms with Crippen molar-refractivity contribution in [2.75, 3.05) is 0 Å². The minimum atomic E-state index is -4.83. The van der Waals surface area contributed by atoms with Gasteiger partial charge in [-0.2, -0.15) is 13.2 Å². The van der Waals surface area contributed by atoms with Crippen molar-refractivity contribution in [1.29, 1.82) is 0 Å². The predicted octanol–water partition coefficient (Wildman–Crippen LogP) is 6.69. The molecule has 0 heterocycles. The average molecular weight is 472 g/mol. The summed E-state index contributed by atoms with van der Waals surface area (Å²) in [5.74, 6) is -3.81. The monoisotopic (exact) mass is 471 g/mol. The number of carboxylic acids is 1. The van der Waals surface area contributed by atoms with Crippen LogP contribution in [0.4, 0.5) is 23.2 Å². The molecule has 0 aliphatic heterocycles. The third-order valence-corrected chi connectivity index (χ3v) is 4.28. The fourth-order valence-electron chi connectivity index (χ4n) is 2.52. The number of ether oxygens (including phenoxy) is 2. The SMILES string of the molecule is O=C(O)c1ccc(Oc2cc(Oc3c(F)cc(C(F)(F)F)cc3Cl)ccc2[N+](=O)[O-])cc1. The zero-order valence-corrected chi connectivity index (χ0v) is 16.3. The van der Waals surface area contributed by atoms with Gasteiger partial charge in [0.15, 0.2) is 11.6 Å². The van der Waals surface area contributed by atoms with E-state index in [2.05, 4.69) is 0 Å². The van der Waals surface area contributed by atoms with Crippen molar-refractivity contribution < 1.29 is 41.9 Å². The van der Waals surface area contributed by atoms with Crippen LogP contribution in [0.5, 0.6) is 23.0 Å². The van der Waals surface area contributed by atoms with Crippen LogP contribution in [0.3, 0.4) is 0 Å². The minimum absolute atomic E-state index is 0.0450. The van der Waals surface area contributed by atoms with E-state index in [0.29, 0.717) is 6.07 Å². The van der Waals surface area contributed by atoms with Gasteiger partial charge >= 0.3 is 17.8 Å². The van der Waals surface area contributed by atoms with Gasteiger partial charge in [0.2, 0.25) is 5.75 Å². The molecule has 0 radical (unpaired) electrons. The highest BCUT2D eigenvalue weighted by Gasteiger charge is 2.33. The zero-order valence-electron chi connectivity index (χ0n) is 15.5. The van der Waals surface area contributed by atoms with Gasteiger partial charge in [-0.3, -0.25) is 10.1 Å². The van der Waals surface area contributed by atoms with E-state index >= 15 is 0 Å². The van der Waals surface area contributed by atoms with Crippen molar-refractivity contribution in [3.8, 4) is 23.0 Å². The highest BCUT2D eigenvalue weighted by atomic mass is 35.5. The molecule has 0 atom stereocenters. The number of benzene rings is 3. The molecule has 166 valence electrons. The molecule has 0 fully saturated rings. The van der Waals surface area contributed by atoms with Crippen molar-refractivity contribution in [2.45, 2.75) is 6.18 Å². The molecule has 0 aromatic heterocycles. The van der Waals surface area contributed by atoms with Gasteiger partial charge in [-0.15, -0.1) is 0 Å². The maximum Gasteiger partial charge on any atom is 0.416 e. The van der Waals surface area contributed by atoms with Crippen LogP contribution in [0.25, 0.3) is 0 Å². The number of nitro groups is 1. The molecule has 0 aliphatic carbocycles. The minimum Gasteiger partial charge on any atom is -0.478 e. The Labute approximate surface area is 181 Å². The van der Waals surface area contributed by atoms with Crippen LogP contribution in [-0.4, -0.2) is 16.0 Å². The van der Waals surface area contributed by atoms with Gasteiger partial charge in [0.1, 0.15) is 11.5 Å². The van der Waals surface area contributed by atoms with E-state index < -0.39 is 44.9 Å². The summed E-state index contributed by atoms with van der Waals surface area (Å²) in [6.45, 7) is 0. The number of carbonyl (C=O) groups is 1. The highest BCUT2D eigenvalue weighted by molar-refractivity contribution is 6.32. The molecule has 32 heavy (non-hydrogen) atoms. The molecule has 3 rings (SSSR count). The number of halogens is 5. The van der Waals surface area contributed by atoms with Gasteiger partial charge in [0.05, 0.1) is 21.1 Å². The number of nitrogens with zero attached hydrogens (tertiary/aromatic N) is 1. The molecular weight excluding hydrogens is 462 g/mol. The van der Waals surface area contributed by atoms with Crippen LogP contribution in [0.2, 0.25) is 5.02 Å². The summed E-state index contributed by atoms with van der Waals surface area (Å²) in [5, 5.41) is 19.5. The molecule has 0 bridgehead atoms. The Balaban J connectivity index is 1.94. The number of hydrogen-bond acceptors (Lipinski definition) is 5. The smallest absolute Gasteiger partial charge is 0.416 e. The third kappa shape index (κ3) is 5.06. The summed E-state index contributed by atoms with van der Waals surface area (Å²) in [5.41, 5.74) is -1.86. The summed E-state index contributed by atoms with van der Waals surface area (Å²) >= 11 is 5.73. The van der Waals surface area contributed by atoms with E-state index in [-0.39, 0.29) is 28.9 Å². The number of alkyl halides is 3. The van der Waals surface area contributed by atoms with Crippen LogP contribution in [-0.2, 0) is 6.18 Å². The summed E-state index contributed by atoms with van der Waals surface area (Å²) in [4.78, 5) is 21.4.